The number of rotatable bonds is 24. The quantitative estimate of drug-likeness (QED) is 0.0858. The van der Waals surface area contributed by atoms with Gasteiger partial charge in [0.15, 0.2) is 0 Å². The van der Waals surface area contributed by atoms with Crippen LogP contribution in [-0.2, 0) is 49.4 Å². The Kier molecular flexibility index (Phi) is 27.9. The third-order valence-electron chi connectivity index (χ3n) is 13.8. The van der Waals surface area contributed by atoms with Gasteiger partial charge in [-0.3, -0.25) is 0 Å². The smallest absolute Gasteiger partial charge is 0.347 e. The van der Waals surface area contributed by atoms with Gasteiger partial charge in [-0.1, -0.05) is 151 Å². The summed E-state index contributed by atoms with van der Waals surface area (Å²) in [5.41, 5.74) is 21.8. The van der Waals surface area contributed by atoms with Crippen molar-refractivity contribution in [2.75, 3.05) is 0 Å². The van der Waals surface area contributed by atoms with Crippen molar-refractivity contribution in [1.29, 1.82) is 0 Å². The van der Waals surface area contributed by atoms with Crippen molar-refractivity contribution in [1.82, 2.24) is 0 Å². The van der Waals surface area contributed by atoms with Crippen LogP contribution in [0.4, 0.5) is 0 Å². The summed E-state index contributed by atoms with van der Waals surface area (Å²) in [4.78, 5) is 0. The topological polar surface area (TPSA) is 111 Å². The Bertz CT molecular complexity index is 1400. The standard InChI is InChI=1S/C48H96O12Si12/c1-25-61(26-2)49-62(27-3,28-4)51-64(31-7,32-8)53-66(35-11,36-12)55-68(39-15,40-16)57-70(43-19,44-20)59-72(47-23,48-24)60-71(45-21,46-22)58-69(41-17,42-18)56-67(37-13,38-14)54-65(33-9,34-10)52-63(29-5,30-6)50-61/h25,27,29,31,33,35,37,39,41,43,45,47H,1,3,5,7,9,11,13,15,17,19,21,23,26,28,30,32,34,36,38,40,42,44,46,48H2,2,4,6,8,10,12,14,16,18,20,22,24H3. The molecule has 1 saturated heterocycles. The molecule has 0 aliphatic carbocycles. The highest BCUT2D eigenvalue weighted by atomic mass is 28.5. The van der Waals surface area contributed by atoms with Gasteiger partial charge in [-0.05, 0) is 72.5 Å². The Morgan fingerprint density at radius 3 is 0.250 bits per heavy atom. The molecule has 1 aliphatic rings. The molecule has 0 N–H and O–H groups in total. The highest BCUT2D eigenvalue weighted by molar-refractivity contribution is 7.01. The molecule has 0 aromatic rings. The van der Waals surface area contributed by atoms with Gasteiger partial charge >= 0.3 is 103 Å². The number of hydrogen-bond donors (Lipinski definition) is 0. The average molecular weight is 1200 g/mol. The van der Waals surface area contributed by atoms with Crippen LogP contribution in [0.5, 0.6) is 0 Å². The molecule has 408 valence electrons. The van der Waals surface area contributed by atoms with Crippen LogP contribution in [0.3, 0.4) is 0 Å². The fourth-order valence-electron chi connectivity index (χ4n) is 8.22. The van der Waals surface area contributed by atoms with E-state index in [1.54, 1.807) is 0 Å². The SMILES string of the molecule is C=C[Si]1(CC)O[Si](C=C)(CC)O[Si](C=C)(CC)O[Si](C=C)(CC)O[Si](C=C)(CC)O[Si](C=C)(CC)O[Si](C=C)(CC)O[Si](C=C)(CC)O[Si](C=C)(CC)O[Si](C=C)(CC)O[Si](C=C)(CC)O[Si](C=C)(CC)O1. The van der Waals surface area contributed by atoms with Gasteiger partial charge in [0.2, 0.25) is 0 Å². The number of hydrogen-bond acceptors (Lipinski definition) is 12. The summed E-state index contributed by atoms with van der Waals surface area (Å²) in [6.07, 6.45) is 0. The highest BCUT2D eigenvalue weighted by Gasteiger charge is 2.61. The second-order valence-electron chi connectivity index (χ2n) is 17.7. The van der Waals surface area contributed by atoms with Gasteiger partial charge in [-0.2, -0.15) is 0 Å². The predicted molar refractivity (Wildman–Crippen MR) is 330 cm³/mol. The van der Waals surface area contributed by atoms with Gasteiger partial charge < -0.3 is 49.4 Å². The second-order valence-corrected chi connectivity index (χ2v) is 60.3. The Labute approximate surface area is 452 Å². The van der Waals surface area contributed by atoms with E-state index in [4.69, 9.17) is 49.4 Å². The van der Waals surface area contributed by atoms with Gasteiger partial charge in [-0.15, -0.1) is 78.9 Å². The van der Waals surface area contributed by atoms with E-state index in [-0.39, 0.29) is 0 Å². The zero-order valence-corrected chi connectivity index (χ0v) is 58.8. The van der Waals surface area contributed by atoms with Gasteiger partial charge in [0.05, 0.1) is 0 Å². The van der Waals surface area contributed by atoms with Crippen LogP contribution >= 0.6 is 0 Å². The monoisotopic (exact) mass is 1200 g/mol. The van der Waals surface area contributed by atoms with Crippen molar-refractivity contribution in [3.8, 4) is 0 Å². The van der Waals surface area contributed by atoms with Gasteiger partial charge in [0.25, 0.3) is 0 Å². The molecule has 24 heteroatoms. The fraction of sp³-hybridized carbons (Fsp3) is 0.500. The maximum absolute atomic E-state index is 7.49. The third kappa shape index (κ3) is 15.6. The normalized spacial score (nSPS) is 40.2. The van der Waals surface area contributed by atoms with Crippen LogP contribution in [0.2, 0.25) is 72.5 Å². The molecule has 1 fully saturated rings. The average Bonchev–Trinajstić information content (AvgIpc) is 3.44. The summed E-state index contributed by atoms with van der Waals surface area (Å²) < 4.78 is 89.9. The lowest BCUT2D eigenvalue weighted by Crippen LogP contribution is -2.68. The maximum atomic E-state index is 7.49. The molecule has 0 spiro atoms. The lowest BCUT2D eigenvalue weighted by atomic mass is 11.0. The largest absolute Gasteiger partial charge is 0.409 e. The maximum Gasteiger partial charge on any atom is 0.347 e. The molecule has 0 radical (unpaired) electrons. The summed E-state index contributed by atoms with van der Waals surface area (Å²) >= 11 is 0. The lowest BCUT2D eigenvalue weighted by Gasteiger charge is -2.49. The molecule has 0 bridgehead atoms. The Balaban J connectivity index is 4.82. The van der Waals surface area contributed by atoms with Crippen LogP contribution in [0, 0.1) is 0 Å². The summed E-state index contributed by atoms with van der Waals surface area (Å²) in [5.74, 6) is 0. The first-order valence-corrected chi connectivity index (χ1v) is 51.2. The van der Waals surface area contributed by atoms with Crippen LogP contribution in [0.25, 0.3) is 0 Å². The van der Waals surface area contributed by atoms with E-state index in [1.807, 2.05) is 151 Å². The van der Waals surface area contributed by atoms with Crippen LogP contribution in [0.15, 0.2) is 147 Å². The Morgan fingerprint density at radius 2 is 0.222 bits per heavy atom. The zero-order valence-electron chi connectivity index (χ0n) is 46.8. The molecule has 0 aromatic carbocycles. The zero-order chi connectivity index (χ0) is 55.5. The minimum Gasteiger partial charge on any atom is -0.409 e. The molecular weight excluding hydrogens is 1110 g/mol. The van der Waals surface area contributed by atoms with Crippen molar-refractivity contribution in [3.05, 3.63) is 147 Å². The van der Waals surface area contributed by atoms with Crippen LogP contribution in [0.1, 0.15) is 83.1 Å². The molecule has 0 amide bonds. The van der Waals surface area contributed by atoms with E-state index in [0.717, 1.165) is 0 Å². The van der Waals surface area contributed by atoms with Crippen molar-refractivity contribution in [3.63, 3.8) is 0 Å². The fourth-order valence-corrected chi connectivity index (χ4v) is 68.1. The van der Waals surface area contributed by atoms with E-state index in [2.05, 4.69) is 78.9 Å². The molecule has 0 aromatic heterocycles. The first-order chi connectivity index (χ1) is 33.9. The van der Waals surface area contributed by atoms with Crippen LogP contribution in [-0.4, -0.2) is 103 Å². The molecular formula is C48H96O12Si12. The van der Waals surface area contributed by atoms with Gasteiger partial charge in [0.1, 0.15) is 0 Å². The Morgan fingerprint density at radius 1 is 0.167 bits per heavy atom. The third-order valence-corrected chi connectivity index (χ3v) is 66.3. The van der Waals surface area contributed by atoms with E-state index < -0.39 is 103 Å². The molecule has 1 rings (SSSR count). The van der Waals surface area contributed by atoms with Crippen molar-refractivity contribution in [2.24, 2.45) is 0 Å². The van der Waals surface area contributed by atoms with E-state index in [9.17, 15) is 0 Å². The van der Waals surface area contributed by atoms with Crippen LogP contribution < -0.4 is 0 Å². The molecule has 0 unspecified atom stereocenters. The lowest BCUT2D eigenvalue weighted by molar-refractivity contribution is 0.241. The first-order valence-electron chi connectivity index (χ1n) is 26.0. The molecule has 1 aliphatic heterocycles. The minimum absolute atomic E-state index is 0.478. The van der Waals surface area contributed by atoms with Gasteiger partial charge in [-0.25, -0.2) is 0 Å². The van der Waals surface area contributed by atoms with E-state index in [0.29, 0.717) is 72.5 Å². The summed E-state index contributed by atoms with van der Waals surface area (Å²) in [7, 11) is -42.0. The first kappa shape index (κ1) is 69.0. The minimum atomic E-state index is -3.50. The Hall–Kier alpha value is -0.997. The van der Waals surface area contributed by atoms with Crippen molar-refractivity contribution < 1.29 is 49.4 Å². The molecule has 0 atom stereocenters. The molecule has 12 nitrogen and oxygen atoms in total. The van der Waals surface area contributed by atoms with Crippen molar-refractivity contribution >= 4 is 103 Å². The molecule has 72 heavy (non-hydrogen) atoms. The second kappa shape index (κ2) is 29.1. The molecule has 1 heterocycles. The summed E-state index contributed by atoms with van der Waals surface area (Å²) in [6.45, 7) is 76.9. The van der Waals surface area contributed by atoms with E-state index in [1.165, 1.54) is 0 Å². The van der Waals surface area contributed by atoms with E-state index >= 15 is 0 Å². The van der Waals surface area contributed by atoms with Gasteiger partial charge in [0, 0.05) is 0 Å². The predicted octanol–water partition coefficient (Wildman–Crippen LogP) is 14.4. The summed E-state index contributed by atoms with van der Waals surface area (Å²) in [6, 6.07) is 5.74. The summed E-state index contributed by atoms with van der Waals surface area (Å²) in [5, 5.41) is 0. The highest BCUT2D eigenvalue weighted by Crippen LogP contribution is 2.41. The molecule has 0 saturated carbocycles. The van der Waals surface area contributed by atoms with Crippen molar-refractivity contribution in [2.45, 2.75) is 156 Å².